The summed E-state index contributed by atoms with van der Waals surface area (Å²) in [7, 11) is 0. The standard InChI is InChI=1S/C12H12ClF2NO/c13-9-5-8(14)1-2-10(9)16-4-3-12(7-17-12)11(15)6-16/h1-2,5,11H,3-4,6-7H2/t11-,12+/m0/s1. The molecule has 2 saturated heterocycles. The molecule has 2 aliphatic heterocycles. The van der Waals surface area contributed by atoms with Gasteiger partial charge in [-0.25, -0.2) is 8.78 Å². The van der Waals surface area contributed by atoms with Crippen LogP contribution in [0, 0.1) is 5.82 Å². The zero-order valence-electron chi connectivity index (χ0n) is 9.13. The molecule has 0 unspecified atom stereocenters. The Labute approximate surface area is 103 Å². The maximum Gasteiger partial charge on any atom is 0.149 e. The van der Waals surface area contributed by atoms with Gasteiger partial charge < -0.3 is 9.64 Å². The lowest BCUT2D eigenvalue weighted by Gasteiger charge is -2.35. The minimum atomic E-state index is -1.00. The predicted octanol–water partition coefficient (Wildman–Crippen LogP) is 2.80. The van der Waals surface area contributed by atoms with Crippen molar-refractivity contribution in [2.45, 2.75) is 18.2 Å². The summed E-state index contributed by atoms with van der Waals surface area (Å²) in [6.45, 7) is 1.45. The van der Waals surface area contributed by atoms with Crippen LogP contribution in [0.2, 0.25) is 5.02 Å². The molecule has 0 aromatic heterocycles. The van der Waals surface area contributed by atoms with Crippen LogP contribution < -0.4 is 4.90 Å². The van der Waals surface area contributed by atoms with Gasteiger partial charge in [0, 0.05) is 6.54 Å². The molecule has 0 bridgehead atoms. The second kappa shape index (κ2) is 3.82. The summed E-state index contributed by atoms with van der Waals surface area (Å²) < 4.78 is 32.0. The number of hydrogen-bond donors (Lipinski definition) is 0. The van der Waals surface area contributed by atoms with Gasteiger partial charge in [-0.2, -0.15) is 0 Å². The lowest BCUT2D eigenvalue weighted by atomic mass is 9.95. The highest BCUT2D eigenvalue weighted by Gasteiger charge is 2.55. The first-order valence-electron chi connectivity index (χ1n) is 5.59. The zero-order chi connectivity index (χ0) is 12.0. The topological polar surface area (TPSA) is 15.8 Å². The molecule has 2 nitrogen and oxygen atoms in total. The van der Waals surface area contributed by atoms with Crippen LogP contribution in [0.4, 0.5) is 14.5 Å². The van der Waals surface area contributed by atoms with E-state index in [-0.39, 0.29) is 12.4 Å². The molecule has 17 heavy (non-hydrogen) atoms. The van der Waals surface area contributed by atoms with Crippen molar-refractivity contribution in [2.24, 2.45) is 0 Å². The lowest BCUT2D eigenvalue weighted by Crippen LogP contribution is -2.47. The fourth-order valence-electron chi connectivity index (χ4n) is 2.31. The summed E-state index contributed by atoms with van der Waals surface area (Å²) in [6, 6.07) is 4.19. The Hall–Kier alpha value is -0.870. The van der Waals surface area contributed by atoms with Crippen molar-refractivity contribution in [3.63, 3.8) is 0 Å². The number of rotatable bonds is 1. The van der Waals surface area contributed by atoms with Crippen LogP contribution in [-0.2, 0) is 4.74 Å². The summed E-state index contributed by atoms with van der Waals surface area (Å²) >= 11 is 5.96. The molecule has 0 saturated carbocycles. The molecule has 0 amide bonds. The van der Waals surface area contributed by atoms with Crippen LogP contribution in [-0.4, -0.2) is 31.5 Å². The van der Waals surface area contributed by atoms with Crippen LogP contribution in [0.15, 0.2) is 18.2 Å². The second-order valence-electron chi connectivity index (χ2n) is 4.61. The average molecular weight is 260 g/mol. The van der Waals surface area contributed by atoms with Crippen molar-refractivity contribution < 1.29 is 13.5 Å². The number of benzene rings is 1. The zero-order valence-corrected chi connectivity index (χ0v) is 9.88. The maximum atomic E-state index is 13.9. The molecule has 0 aliphatic carbocycles. The molecule has 92 valence electrons. The van der Waals surface area contributed by atoms with Crippen molar-refractivity contribution >= 4 is 17.3 Å². The van der Waals surface area contributed by atoms with Gasteiger partial charge in [0.15, 0.2) is 0 Å². The monoisotopic (exact) mass is 259 g/mol. The summed E-state index contributed by atoms with van der Waals surface area (Å²) in [4.78, 5) is 1.85. The first-order chi connectivity index (χ1) is 8.11. The van der Waals surface area contributed by atoms with E-state index in [1.165, 1.54) is 12.1 Å². The van der Waals surface area contributed by atoms with Crippen LogP contribution in [0.1, 0.15) is 6.42 Å². The van der Waals surface area contributed by atoms with Gasteiger partial charge in [0.25, 0.3) is 0 Å². The predicted molar refractivity (Wildman–Crippen MR) is 61.8 cm³/mol. The fraction of sp³-hybridized carbons (Fsp3) is 0.500. The van der Waals surface area contributed by atoms with Gasteiger partial charge in [0.2, 0.25) is 0 Å². The Balaban J connectivity index is 1.81. The van der Waals surface area contributed by atoms with Gasteiger partial charge in [-0.1, -0.05) is 11.6 Å². The molecule has 1 spiro atoms. The molecular weight excluding hydrogens is 248 g/mol. The van der Waals surface area contributed by atoms with Crippen molar-refractivity contribution in [3.05, 3.63) is 29.0 Å². The van der Waals surface area contributed by atoms with Crippen molar-refractivity contribution in [3.8, 4) is 0 Å². The van der Waals surface area contributed by atoms with Gasteiger partial charge in [-0.3, -0.25) is 0 Å². The van der Waals surface area contributed by atoms with Crippen LogP contribution in [0.25, 0.3) is 0 Å². The maximum absolute atomic E-state index is 13.9. The van der Waals surface area contributed by atoms with E-state index in [1.54, 1.807) is 6.07 Å². The summed E-state index contributed by atoms with van der Waals surface area (Å²) in [5.74, 6) is -0.380. The average Bonchev–Trinajstić information content (AvgIpc) is 3.04. The Morgan fingerprint density at radius 3 is 2.82 bits per heavy atom. The molecule has 2 aliphatic rings. The number of alkyl halides is 1. The van der Waals surface area contributed by atoms with Crippen LogP contribution in [0.3, 0.4) is 0 Å². The van der Waals surface area contributed by atoms with E-state index in [0.29, 0.717) is 30.3 Å². The van der Waals surface area contributed by atoms with Gasteiger partial charge >= 0.3 is 0 Å². The lowest BCUT2D eigenvalue weighted by molar-refractivity contribution is 0.138. The Morgan fingerprint density at radius 1 is 1.47 bits per heavy atom. The van der Waals surface area contributed by atoms with E-state index in [2.05, 4.69) is 0 Å². The third kappa shape index (κ3) is 1.89. The molecule has 5 heteroatoms. The quantitative estimate of drug-likeness (QED) is 0.721. The van der Waals surface area contributed by atoms with Crippen molar-refractivity contribution in [1.29, 1.82) is 0 Å². The molecule has 1 aromatic carbocycles. The number of anilines is 1. The molecule has 2 heterocycles. The minimum absolute atomic E-state index is 0.255. The first kappa shape index (κ1) is 11.2. The highest BCUT2D eigenvalue weighted by Crippen LogP contribution is 2.41. The Kier molecular flexibility index (Phi) is 2.52. The van der Waals surface area contributed by atoms with Crippen molar-refractivity contribution in [1.82, 2.24) is 0 Å². The molecule has 2 fully saturated rings. The highest BCUT2D eigenvalue weighted by atomic mass is 35.5. The first-order valence-corrected chi connectivity index (χ1v) is 5.97. The molecule has 1 aromatic rings. The number of hydrogen-bond acceptors (Lipinski definition) is 2. The number of nitrogens with zero attached hydrogens (tertiary/aromatic N) is 1. The highest BCUT2D eigenvalue weighted by molar-refractivity contribution is 6.33. The molecule has 0 N–H and O–H groups in total. The Morgan fingerprint density at radius 2 is 2.24 bits per heavy atom. The van der Waals surface area contributed by atoms with E-state index in [0.717, 1.165) is 0 Å². The van der Waals surface area contributed by atoms with E-state index in [9.17, 15) is 8.78 Å². The SMILES string of the molecule is Fc1ccc(N2CC[C@@]3(CO3)[C@@H](F)C2)c(Cl)c1. The summed E-state index contributed by atoms with van der Waals surface area (Å²) in [6.07, 6.45) is -0.348. The third-order valence-electron chi connectivity index (χ3n) is 3.52. The largest absolute Gasteiger partial charge is 0.367 e. The van der Waals surface area contributed by atoms with E-state index >= 15 is 0 Å². The molecule has 2 atom stereocenters. The Bertz CT molecular complexity index is 450. The third-order valence-corrected chi connectivity index (χ3v) is 3.82. The van der Waals surface area contributed by atoms with E-state index in [1.807, 2.05) is 4.90 Å². The van der Waals surface area contributed by atoms with Crippen molar-refractivity contribution in [2.75, 3.05) is 24.6 Å². The molecular formula is C12H12ClF2NO. The summed E-state index contributed by atoms with van der Waals surface area (Å²) in [5.41, 5.74) is 0.148. The van der Waals surface area contributed by atoms with E-state index < -0.39 is 11.8 Å². The summed E-state index contributed by atoms with van der Waals surface area (Å²) in [5, 5.41) is 0.324. The number of piperidine rings is 1. The number of ether oxygens (including phenoxy) is 1. The molecule has 0 radical (unpaired) electrons. The van der Waals surface area contributed by atoms with Crippen LogP contribution >= 0.6 is 11.6 Å². The fourth-order valence-corrected chi connectivity index (χ4v) is 2.59. The van der Waals surface area contributed by atoms with Gasteiger partial charge in [-0.05, 0) is 24.6 Å². The normalized spacial score (nSPS) is 31.9. The van der Waals surface area contributed by atoms with E-state index in [4.69, 9.17) is 16.3 Å². The smallest absolute Gasteiger partial charge is 0.149 e. The number of epoxide rings is 1. The van der Waals surface area contributed by atoms with Gasteiger partial charge in [0.05, 0.1) is 23.9 Å². The number of halogens is 3. The minimum Gasteiger partial charge on any atom is -0.367 e. The second-order valence-corrected chi connectivity index (χ2v) is 5.02. The van der Waals surface area contributed by atoms with Gasteiger partial charge in [0.1, 0.15) is 17.6 Å². The van der Waals surface area contributed by atoms with Gasteiger partial charge in [-0.15, -0.1) is 0 Å². The van der Waals surface area contributed by atoms with Crippen LogP contribution in [0.5, 0.6) is 0 Å². The molecule has 3 rings (SSSR count).